The molecule has 2 aliphatic rings. The molecular formula is C18H26N2O5S. The topological polar surface area (TPSA) is 87.1 Å². The van der Waals surface area contributed by atoms with E-state index in [2.05, 4.69) is 4.90 Å². The van der Waals surface area contributed by atoms with E-state index in [1.165, 1.54) is 43.5 Å². The molecule has 1 aromatic carbocycles. The largest absolute Gasteiger partial charge is 0.482 e. The molecule has 2 aliphatic heterocycles. The molecule has 1 aromatic rings. The number of carboxylic acids is 1. The van der Waals surface area contributed by atoms with Crippen LogP contribution in [0.3, 0.4) is 0 Å². The third kappa shape index (κ3) is 4.75. The highest BCUT2D eigenvalue weighted by atomic mass is 32.2. The smallest absolute Gasteiger partial charge is 0.341 e. The van der Waals surface area contributed by atoms with E-state index in [0.717, 1.165) is 26.1 Å². The Morgan fingerprint density at radius 2 is 1.81 bits per heavy atom. The normalized spacial score (nSPS) is 22.4. The molecule has 8 heteroatoms. The molecule has 2 heterocycles. The zero-order valence-electron chi connectivity index (χ0n) is 14.8. The first-order chi connectivity index (χ1) is 12.4. The average molecular weight is 382 g/mol. The fraction of sp³-hybridized carbons (Fsp3) is 0.611. The number of benzene rings is 1. The first kappa shape index (κ1) is 19.1. The number of piperidine rings is 1. The van der Waals surface area contributed by atoms with Gasteiger partial charge in [0, 0.05) is 19.6 Å². The van der Waals surface area contributed by atoms with E-state index < -0.39 is 22.6 Å². The van der Waals surface area contributed by atoms with Crippen LogP contribution >= 0.6 is 0 Å². The van der Waals surface area contributed by atoms with Crippen LogP contribution in [0.25, 0.3) is 0 Å². The van der Waals surface area contributed by atoms with Crippen LogP contribution in [0.5, 0.6) is 5.75 Å². The average Bonchev–Trinajstić information content (AvgIpc) is 3.10. The van der Waals surface area contributed by atoms with Crippen molar-refractivity contribution in [2.24, 2.45) is 5.92 Å². The predicted octanol–water partition coefficient (Wildman–Crippen LogP) is 1.65. The molecule has 0 saturated carbocycles. The maximum Gasteiger partial charge on any atom is 0.341 e. The molecule has 0 aromatic heterocycles. The number of rotatable bonds is 7. The van der Waals surface area contributed by atoms with Crippen LogP contribution in [-0.4, -0.2) is 68.0 Å². The summed E-state index contributed by atoms with van der Waals surface area (Å²) < 4.78 is 32.3. The van der Waals surface area contributed by atoms with Gasteiger partial charge < -0.3 is 14.7 Å². The highest BCUT2D eigenvalue weighted by Gasteiger charge is 2.33. The van der Waals surface area contributed by atoms with Crippen LogP contribution in [0.15, 0.2) is 29.2 Å². The van der Waals surface area contributed by atoms with Gasteiger partial charge in [-0.05, 0) is 62.5 Å². The van der Waals surface area contributed by atoms with Crippen molar-refractivity contribution in [3.8, 4) is 5.75 Å². The number of aliphatic carboxylic acids is 1. The standard InChI is InChI=1S/C18H26N2O5S/c21-18(22)14-25-16-4-6-17(7-5-16)26(23,24)20-11-8-15(13-20)12-19-9-2-1-3-10-19/h4-7,15H,1-3,8-14H2,(H,21,22). The molecule has 0 aliphatic carbocycles. The Bertz CT molecular complexity index is 714. The summed E-state index contributed by atoms with van der Waals surface area (Å²) in [5.74, 6) is -0.338. The number of hydrogen-bond acceptors (Lipinski definition) is 5. The summed E-state index contributed by atoms with van der Waals surface area (Å²) >= 11 is 0. The number of hydrogen-bond donors (Lipinski definition) is 1. The molecule has 144 valence electrons. The molecule has 7 nitrogen and oxygen atoms in total. The van der Waals surface area contributed by atoms with E-state index in [-0.39, 0.29) is 4.90 Å². The number of nitrogens with zero attached hydrogens (tertiary/aromatic N) is 2. The van der Waals surface area contributed by atoms with Crippen molar-refractivity contribution in [1.29, 1.82) is 0 Å². The van der Waals surface area contributed by atoms with E-state index in [0.29, 0.717) is 24.8 Å². The van der Waals surface area contributed by atoms with Gasteiger partial charge in [-0.2, -0.15) is 4.31 Å². The van der Waals surface area contributed by atoms with E-state index in [1.807, 2.05) is 0 Å². The molecule has 0 bridgehead atoms. The first-order valence-electron chi connectivity index (χ1n) is 9.12. The van der Waals surface area contributed by atoms with Gasteiger partial charge in [-0.25, -0.2) is 13.2 Å². The molecule has 26 heavy (non-hydrogen) atoms. The van der Waals surface area contributed by atoms with E-state index >= 15 is 0 Å². The number of likely N-dealkylation sites (tertiary alicyclic amines) is 1. The molecule has 0 spiro atoms. The van der Waals surface area contributed by atoms with Crippen LogP contribution in [0.1, 0.15) is 25.7 Å². The third-order valence-corrected chi connectivity index (χ3v) is 6.92. The maximum atomic E-state index is 12.8. The van der Waals surface area contributed by atoms with Gasteiger partial charge in [-0.15, -0.1) is 0 Å². The Morgan fingerprint density at radius 3 is 2.46 bits per heavy atom. The summed E-state index contributed by atoms with van der Waals surface area (Å²) in [5.41, 5.74) is 0. The van der Waals surface area contributed by atoms with Crippen molar-refractivity contribution >= 4 is 16.0 Å². The number of sulfonamides is 1. The van der Waals surface area contributed by atoms with Crippen LogP contribution in [0, 0.1) is 5.92 Å². The van der Waals surface area contributed by atoms with Crippen molar-refractivity contribution in [2.75, 3.05) is 39.3 Å². The van der Waals surface area contributed by atoms with Crippen LogP contribution in [0.4, 0.5) is 0 Å². The van der Waals surface area contributed by atoms with Gasteiger partial charge in [0.25, 0.3) is 0 Å². The third-order valence-electron chi connectivity index (χ3n) is 5.04. The van der Waals surface area contributed by atoms with Crippen molar-refractivity contribution in [3.05, 3.63) is 24.3 Å². The molecule has 1 N–H and O–H groups in total. The minimum Gasteiger partial charge on any atom is -0.482 e. The number of carbonyl (C=O) groups is 1. The summed E-state index contributed by atoms with van der Waals surface area (Å²) in [5, 5.41) is 8.61. The lowest BCUT2D eigenvalue weighted by Gasteiger charge is -2.28. The van der Waals surface area contributed by atoms with Crippen LogP contribution < -0.4 is 4.74 Å². The molecule has 3 rings (SSSR count). The summed E-state index contributed by atoms with van der Waals surface area (Å²) in [7, 11) is -3.52. The van der Waals surface area contributed by atoms with Crippen LogP contribution in [0.2, 0.25) is 0 Å². The van der Waals surface area contributed by atoms with Crippen molar-refractivity contribution in [2.45, 2.75) is 30.6 Å². The Balaban J connectivity index is 1.58. The Labute approximate surface area is 154 Å². The van der Waals surface area contributed by atoms with Crippen LogP contribution in [-0.2, 0) is 14.8 Å². The summed E-state index contributed by atoms with van der Waals surface area (Å²) in [6.45, 7) is 3.90. The molecular weight excluding hydrogens is 356 g/mol. The lowest BCUT2D eigenvalue weighted by atomic mass is 10.1. The molecule has 2 fully saturated rings. The molecule has 2 saturated heterocycles. The van der Waals surface area contributed by atoms with Gasteiger partial charge >= 0.3 is 5.97 Å². The first-order valence-corrected chi connectivity index (χ1v) is 10.6. The van der Waals surface area contributed by atoms with E-state index in [9.17, 15) is 13.2 Å². The van der Waals surface area contributed by atoms with Crippen molar-refractivity contribution < 1.29 is 23.1 Å². The van der Waals surface area contributed by atoms with Gasteiger partial charge in [-0.3, -0.25) is 0 Å². The Hall–Kier alpha value is -1.64. The minimum atomic E-state index is -3.52. The summed E-state index contributed by atoms with van der Waals surface area (Å²) in [6.07, 6.45) is 4.68. The van der Waals surface area contributed by atoms with Gasteiger partial charge in [0.05, 0.1) is 4.90 Å². The van der Waals surface area contributed by atoms with Gasteiger partial charge in [-0.1, -0.05) is 6.42 Å². The highest BCUT2D eigenvalue weighted by Crippen LogP contribution is 2.26. The SMILES string of the molecule is O=C(O)COc1ccc(S(=O)(=O)N2CCC(CN3CCCCC3)C2)cc1. The van der Waals surface area contributed by atoms with Gasteiger partial charge in [0.2, 0.25) is 10.0 Å². The second-order valence-electron chi connectivity index (χ2n) is 7.03. The van der Waals surface area contributed by atoms with Crippen molar-refractivity contribution in [1.82, 2.24) is 9.21 Å². The highest BCUT2D eigenvalue weighted by molar-refractivity contribution is 7.89. The fourth-order valence-corrected chi connectivity index (χ4v) is 5.20. The van der Waals surface area contributed by atoms with Gasteiger partial charge in [0.15, 0.2) is 6.61 Å². The second kappa shape index (κ2) is 8.37. The quantitative estimate of drug-likeness (QED) is 0.772. The zero-order chi connectivity index (χ0) is 18.6. The van der Waals surface area contributed by atoms with E-state index in [1.54, 1.807) is 4.31 Å². The monoisotopic (exact) mass is 382 g/mol. The molecule has 0 amide bonds. The zero-order valence-corrected chi connectivity index (χ0v) is 15.7. The Kier molecular flexibility index (Phi) is 6.16. The molecule has 0 radical (unpaired) electrons. The number of carboxylic acid groups (broad SMARTS) is 1. The van der Waals surface area contributed by atoms with Gasteiger partial charge in [0.1, 0.15) is 5.75 Å². The molecule has 1 unspecified atom stereocenters. The number of ether oxygens (including phenoxy) is 1. The Morgan fingerprint density at radius 1 is 1.12 bits per heavy atom. The predicted molar refractivity (Wildman–Crippen MR) is 96.7 cm³/mol. The lowest BCUT2D eigenvalue weighted by molar-refractivity contribution is -0.139. The minimum absolute atomic E-state index is 0.221. The van der Waals surface area contributed by atoms with Crippen molar-refractivity contribution in [3.63, 3.8) is 0 Å². The summed E-state index contributed by atoms with van der Waals surface area (Å²) in [4.78, 5) is 13.2. The second-order valence-corrected chi connectivity index (χ2v) is 8.97. The molecule has 1 atom stereocenters. The lowest BCUT2D eigenvalue weighted by Crippen LogP contribution is -2.36. The summed E-state index contributed by atoms with van der Waals surface area (Å²) in [6, 6.07) is 5.95. The maximum absolute atomic E-state index is 12.8. The van der Waals surface area contributed by atoms with E-state index in [4.69, 9.17) is 9.84 Å². The fourth-order valence-electron chi connectivity index (χ4n) is 3.67.